The zero-order chi connectivity index (χ0) is 9.43. The summed E-state index contributed by atoms with van der Waals surface area (Å²) in [5.74, 6) is 1.02. The van der Waals surface area contributed by atoms with Gasteiger partial charge in [0.05, 0.1) is 5.69 Å². The summed E-state index contributed by atoms with van der Waals surface area (Å²) in [6.07, 6.45) is 8.26. The Hall–Kier alpha value is -1.25. The topological polar surface area (TPSA) is 37.0 Å². The number of nitrogens with one attached hydrogen (secondary N) is 2. The maximum Gasteiger partial charge on any atom is 0.151 e. The van der Waals surface area contributed by atoms with E-state index in [1.807, 2.05) is 12.3 Å². The largest absolute Gasteiger partial charge is 0.360 e. The lowest BCUT2D eigenvalue weighted by atomic mass is 9.90. The van der Waals surface area contributed by atoms with Gasteiger partial charge in [-0.2, -0.15) is 0 Å². The van der Waals surface area contributed by atoms with Crippen molar-refractivity contribution in [2.75, 3.05) is 10.6 Å². The van der Waals surface area contributed by atoms with Crippen LogP contribution in [-0.2, 0) is 0 Å². The number of pyridine rings is 1. The number of hydrogen-bond acceptors (Lipinski definition) is 3. The van der Waals surface area contributed by atoms with Crippen molar-refractivity contribution in [3.05, 3.63) is 18.3 Å². The maximum absolute atomic E-state index is 4.34. The molecule has 1 fully saturated rings. The Bertz CT molecular complexity index is 315. The van der Waals surface area contributed by atoms with E-state index in [1.54, 1.807) is 0 Å². The van der Waals surface area contributed by atoms with Crippen molar-refractivity contribution in [1.82, 2.24) is 4.98 Å². The molecule has 1 aromatic heterocycles. The monoisotopic (exact) mass is 189 g/mol. The van der Waals surface area contributed by atoms with E-state index < -0.39 is 0 Å². The lowest BCUT2D eigenvalue weighted by Crippen LogP contribution is -2.43. The predicted octanol–water partition coefficient (Wildman–Crippen LogP) is 2.58. The second-order valence-electron chi connectivity index (χ2n) is 4.29. The summed E-state index contributed by atoms with van der Waals surface area (Å²) >= 11 is 0. The van der Waals surface area contributed by atoms with Crippen LogP contribution in [-0.4, -0.2) is 10.6 Å². The van der Waals surface area contributed by atoms with Gasteiger partial charge in [-0.3, -0.25) is 0 Å². The molecule has 1 saturated carbocycles. The molecule has 14 heavy (non-hydrogen) atoms. The smallest absolute Gasteiger partial charge is 0.151 e. The molecule has 1 aliphatic heterocycles. The van der Waals surface area contributed by atoms with Gasteiger partial charge in [0.15, 0.2) is 5.82 Å². The van der Waals surface area contributed by atoms with Crippen LogP contribution < -0.4 is 10.6 Å². The lowest BCUT2D eigenvalue weighted by molar-refractivity contribution is 0.366. The normalized spacial score (nSPS) is 22.6. The molecule has 2 heterocycles. The van der Waals surface area contributed by atoms with Gasteiger partial charge in [0.2, 0.25) is 0 Å². The molecule has 0 amide bonds. The Morgan fingerprint density at radius 2 is 2.00 bits per heavy atom. The summed E-state index contributed by atoms with van der Waals surface area (Å²) in [5.41, 5.74) is 1.28. The molecule has 0 atom stereocenters. The van der Waals surface area contributed by atoms with Gasteiger partial charge >= 0.3 is 0 Å². The molecular weight excluding hydrogens is 174 g/mol. The Morgan fingerprint density at radius 3 is 2.79 bits per heavy atom. The van der Waals surface area contributed by atoms with Crippen molar-refractivity contribution in [2.45, 2.75) is 37.8 Å². The molecule has 0 bridgehead atoms. The highest BCUT2D eigenvalue weighted by atomic mass is 15.3. The molecule has 74 valence electrons. The molecule has 3 rings (SSSR count). The number of fused-ring (bicyclic) bond motifs is 1. The summed E-state index contributed by atoms with van der Waals surface area (Å²) in [7, 11) is 0. The molecular formula is C11H15N3. The maximum atomic E-state index is 4.34. The van der Waals surface area contributed by atoms with E-state index in [4.69, 9.17) is 0 Å². The molecule has 0 saturated heterocycles. The lowest BCUT2D eigenvalue weighted by Gasteiger charge is -2.34. The van der Waals surface area contributed by atoms with Crippen LogP contribution in [0.3, 0.4) is 0 Å². The summed E-state index contributed by atoms with van der Waals surface area (Å²) < 4.78 is 0. The van der Waals surface area contributed by atoms with Gasteiger partial charge in [0.25, 0.3) is 0 Å². The highest BCUT2D eigenvalue weighted by Gasteiger charge is 2.37. The average molecular weight is 189 g/mol. The summed E-state index contributed by atoms with van der Waals surface area (Å²) in [6.45, 7) is 0. The number of aromatic nitrogens is 1. The molecule has 2 N–H and O–H groups in total. The first-order chi connectivity index (χ1) is 6.88. The SMILES string of the molecule is c1cnc2c(c1)NC1(CCCCC1)N2. The first-order valence-electron chi connectivity index (χ1n) is 5.39. The first-order valence-corrected chi connectivity index (χ1v) is 5.39. The Balaban J connectivity index is 1.89. The second kappa shape index (κ2) is 2.87. The van der Waals surface area contributed by atoms with E-state index in [2.05, 4.69) is 21.7 Å². The number of rotatable bonds is 0. The van der Waals surface area contributed by atoms with Gasteiger partial charge in [-0.15, -0.1) is 0 Å². The van der Waals surface area contributed by atoms with Crippen LogP contribution in [0.2, 0.25) is 0 Å². The van der Waals surface area contributed by atoms with Crippen molar-refractivity contribution in [3.63, 3.8) is 0 Å². The Labute approximate surface area is 83.9 Å². The third kappa shape index (κ3) is 1.15. The van der Waals surface area contributed by atoms with E-state index in [1.165, 1.54) is 32.1 Å². The van der Waals surface area contributed by atoms with Crippen LogP contribution in [0.1, 0.15) is 32.1 Å². The molecule has 3 heteroatoms. The van der Waals surface area contributed by atoms with Crippen LogP contribution in [0.25, 0.3) is 0 Å². The fourth-order valence-corrected chi connectivity index (χ4v) is 2.53. The minimum Gasteiger partial charge on any atom is -0.360 e. The molecule has 1 spiro atoms. The quantitative estimate of drug-likeness (QED) is 0.658. The molecule has 0 radical (unpaired) electrons. The Kier molecular flexibility index (Phi) is 1.66. The summed E-state index contributed by atoms with van der Waals surface area (Å²) in [6, 6.07) is 4.08. The molecule has 0 unspecified atom stereocenters. The van der Waals surface area contributed by atoms with E-state index in [9.17, 15) is 0 Å². The van der Waals surface area contributed by atoms with Crippen molar-refractivity contribution in [2.24, 2.45) is 0 Å². The van der Waals surface area contributed by atoms with Crippen molar-refractivity contribution >= 4 is 11.5 Å². The molecule has 1 aromatic rings. The van der Waals surface area contributed by atoms with Crippen LogP contribution in [0.5, 0.6) is 0 Å². The van der Waals surface area contributed by atoms with E-state index in [-0.39, 0.29) is 5.66 Å². The van der Waals surface area contributed by atoms with E-state index in [0.29, 0.717) is 0 Å². The molecule has 3 nitrogen and oxygen atoms in total. The van der Waals surface area contributed by atoms with Gasteiger partial charge in [-0.25, -0.2) is 4.98 Å². The van der Waals surface area contributed by atoms with Gasteiger partial charge in [-0.1, -0.05) is 6.42 Å². The van der Waals surface area contributed by atoms with Gasteiger partial charge in [0.1, 0.15) is 5.66 Å². The fraction of sp³-hybridized carbons (Fsp3) is 0.545. The number of anilines is 2. The fourth-order valence-electron chi connectivity index (χ4n) is 2.53. The molecule has 0 aromatic carbocycles. The zero-order valence-electron chi connectivity index (χ0n) is 8.21. The van der Waals surface area contributed by atoms with Crippen LogP contribution in [0.15, 0.2) is 18.3 Å². The minimum atomic E-state index is 0.120. The molecule has 2 aliphatic rings. The number of hydrogen-bond donors (Lipinski definition) is 2. The highest BCUT2D eigenvalue weighted by molar-refractivity contribution is 5.72. The molecule has 1 aliphatic carbocycles. The highest BCUT2D eigenvalue weighted by Crippen LogP contribution is 2.39. The summed E-state index contributed by atoms with van der Waals surface area (Å²) in [4.78, 5) is 4.34. The number of nitrogens with zero attached hydrogens (tertiary/aromatic N) is 1. The van der Waals surface area contributed by atoms with Crippen molar-refractivity contribution in [3.8, 4) is 0 Å². The minimum absolute atomic E-state index is 0.120. The Morgan fingerprint density at radius 1 is 1.14 bits per heavy atom. The first kappa shape index (κ1) is 8.09. The van der Waals surface area contributed by atoms with Crippen LogP contribution in [0.4, 0.5) is 11.5 Å². The van der Waals surface area contributed by atoms with Crippen molar-refractivity contribution < 1.29 is 0 Å². The van der Waals surface area contributed by atoms with Gasteiger partial charge < -0.3 is 10.6 Å². The second-order valence-corrected chi connectivity index (χ2v) is 4.29. The summed E-state index contributed by atoms with van der Waals surface area (Å²) in [5, 5.41) is 7.10. The van der Waals surface area contributed by atoms with E-state index >= 15 is 0 Å². The van der Waals surface area contributed by atoms with Gasteiger partial charge in [-0.05, 0) is 37.8 Å². The van der Waals surface area contributed by atoms with Crippen molar-refractivity contribution in [1.29, 1.82) is 0 Å². The standard InChI is InChI=1S/C11H15N3/c1-2-6-11(7-3-1)13-9-5-4-8-12-10(9)14-11/h4-5,8,13H,1-3,6-7H2,(H,12,14). The van der Waals surface area contributed by atoms with E-state index in [0.717, 1.165) is 11.5 Å². The predicted molar refractivity (Wildman–Crippen MR) is 57.3 cm³/mol. The van der Waals surface area contributed by atoms with Crippen LogP contribution in [0, 0.1) is 0 Å². The third-order valence-electron chi connectivity index (χ3n) is 3.25. The van der Waals surface area contributed by atoms with Gasteiger partial charge in [0, 0.05) is 6.20 Å². The third-order valence-corrected chi connectivity index (χ3v) is 3.25. The average Bonchev–Trinajstić information content (AvgIpc) is 2.56. The zero-order valence-corrected chi connectivity index (χ0v) is 8.21. The van der Waals surface area contributed by atoms with Crippen LogP contribution >= 0.6 is 0 Å².